The maximum absolute atomic E-state index is 13.0. The van der Waals surface area contributed by atoms with E-state index in [0.717, 1.165) is 0 Å². The van der Waals surface area contributed by atoms with E-state index >= 15 is 0 Å². The second-order valence-corrected chi connectivity index (χ2v) is 8.07. The summed E-state index contributed by atoms with van der Waals surface area (Å²) < 4.78 is 0. The van der Waals surface area contributed by atoms with Crippen LogP contribution < -0.4 is 16.4 Å². The summed E-state index contributed by atoms with van der Waals surface area (Å²) in [5, 5.41) is 24.6. The molecule has 1 aliphatic rings. The second kappa shape index (κ2) is 8.97. The minimum atomic E-state index is -1.65. The lowest BCUT2D eigenvalue weighted by Gasteiger charge is -2.16. The summed E-state index contributed by atoms with van der Waals surface area (Å²) in [7, 11) is 0. The topological polar surface area (TPSA) is 158 Å². The molecule has 3 amide bonds. The van der Waals surface area contributed by atoms with Crippen molar-refractivity contribution in [3.05, 3.63) is 87.7 Å². The van der Waals surface area contributed by atoms with Gasteiger partial charge in [0.1, 0.15) is 6.04 Å². The van der Waals surface area contributed by atoms with Crippen LogP contribution in [0.5, 0.6) is 0 Å². The summed E-state index contributed by atoms with van der Waals surface area (Å²) in [5.41, 5.74) is 9.72. The average molecular weight is 460 g/mol. The third-order valence-electron chi connectivity index (χ3n) is 5.84. The normalized spacial score (nSPS) is 14.7. The molecule has 0 saturated carbocycles. The molecule has 0 radical (unpaired) electrons. The lowest BCUT2D eigenvalue weighted by molar-refractivity contribution is -0.120. The lowest BCUT2D eigenvalue weighted by atomic mass is 10.0. The van der Waals surface area contributed by atoms with Crippen molar-refractivity contribution >= 4 is 35.1 Å². The molecule has 0 saturated heterocycles. The first kappa shape index (κ1) is 23.0. The average Bonchev–Trinajstić information content (AvgIpc) is 3.26. The minimum Gasteiger partial charge on any atom is -0.368 e. The van der Waals surface area contributed by atoms with Gasteiger partial charge in [0.2, 0.25) is 5.91 Å². The highest BCUT2D eigenvalue weighted by atomic mass is 16.5. The van der Waals surface area contributed by atoms with Crippen molar-refractivity contribution in [2.75, 3.05) is 5.32 Å². The van der Waals surface area contributed by atoms with E-state index in [1.807, 2.05) is 0 Å². The Hall–Kier alpha value is -4.21. The summed E-state index contributed by atoms with van der Waals surface area (Å²) in [5.74, 6) is -1.58. The van der Waals surface area contributed by atoms with E-state index in [-0.39, 0.29) is 11.5 Å². The zero-order valence-corrected chi connectivity index (χ0v) is 18.5. The summed E-state index contributed by atoms with van der Waals surface area (Å²) in [6.07, 6.45) is -0.0426. The quantitative estimate of drug-likeness (QED) is 0.245. The van der Waals surface area contributed by atoms with Crippen molar-refractivity contribution in [2.24, 2.45) is 5.73 Å². The standard InChI is InChI=1S/C25H24N4O5/c1-12-19(27-13(2)20(12)25(33)34)11-17-16-10-15(8-9-18(16)28-24(17)32)23(31)29-21(22(26)30)14-6-4-3-5-7-14/h3-11,21,25,27,33-34H,1-2H3,(H2,26,30)(H,28,32)(H,29,31). The number of nitrogens with two attached hydrogens (primary N) is 1. The molecule has 0 aliphatic carbocycles. The first-order valence-electron chi connectivity index (χ1n) is 10.5. The van der Waals surface area contributed by atoms with Gasteiger partial charge < -0.3 is 31.6 Å². The smallest absolute Gasteiger partial charge is 0.256 e. The Balaban J connectivity index is 1.67. The molecule has 174 valence electrons. The molecule has 2 heterocycles. The second-order valence-electron chi connectivity index (χ2n) is 8.07. The van der Waals surface area contributed by atoms with Crippen LogP contribution in [-0.2, 0) is 9.59 Å². The number of carbonyl (C=O) groups is 3. The third kappa shape index (κ3) is 4.21. The van der Waals surface area contributed by atoms with Crippen LogP contribution in [0.25, 0.3) is 11.6 Å². The zero-order chi connectivity index (χ0) is 24.6. The largest absolute Gasteiger partial charge is 0.368 e. The van der Waals surface area contributed by atoms with E-state index in [4.69, 9.17) is 5.73 Å². The van der Waals surface area contributed by atoms with Gasteiger partial charge in [-0.05, 0) is 49.2 Å². The van der Waals surface area contributed by atoms with Crippen LogP contribution in [0.3, 0.4) is 0 Å². The van der Waals surface area contributed by atoms with Gasteiger partial charge in [0.05, 0.1) is 5.57 Å². The fourth-order valence-corrected chi connectivity index (χ4v) is 4.12. The molecule has 7 N–H and O–H groups in total. The van der Waals surface area contributed by atoms with E-state index in [1.54, 1.807) is 68.5 Å². The Bertz CT molecular complexity index is 1320. The van der Waals surface area contributed by atoms with Gasteiger partial charge in [0, 0.05) is 33.8 Å². The van der Waals surface area contributed by atoms with Crippen molar-refractivity contribution in [1.29, 1.82) is 0 Å². The number of hydrogen-bond acceptors (Lipinski definition) is 5. The molecule has 1 atom stereocenters. The molecule has 4 rings (SSSR count). The van der Waals surface area contributed by atoms with Gasteiger partial charge in [-0.3, -0.25) is 14.4 Å². The number of aryl methyl sites for hydroxylation is 1. The van der Waals surface area contributed by atoms with Gasteiger partial charge in [-0.15, -0.1) is 0 Å². The monoisotopic (exact) mass is 460 g/mol. The molecular formula is C25H24N4O5. The fourth-order valence-electron chi connectivity index (χ4n) is 4.12. The molecule has 3 aromatic rings. The Kier molecular flexibility index (Phi) is 6.06. The molecule has 1 unspecified atom stereocenters. The van der Waals surface area contributed by atoms with E-state index in [1.165, 1.54) is 0 Å². The number of aliphatic hydroxyl groups is 2. The molecule has 0 spiro atoms. The first-order chi connectivity index (χ1) is 16.2. The van der Waals surface area contributed by atoms with Crippen LogP contribution in [0, 0.1) is 13.8 Å². The van der Waals surface area contributed by atoms with E-state index in [0.29, 0.717) is 44.9 Å². The Labute approximate surface area is 195 Å². The van der Waals surface area contributed by atoms with Crippen LogP contribution in [0.2, 0.25) is 0 Å². The lowest BCUT2D eigenvalue weighted by Crippen LogP contribution is -2.37. The highest BCUT2D eigenvalue weighted by Gasteiger charge is 2.27. The number of benzene rings is 2. The number of nitrogens with one attached hydrogen (secondary N) is 3. The van der Waals surface area contributed by atoms with Gasteiger partial charge in [-0.1, -0.05) is 30.3 Å². The van der Waals surface area contributed by atoms with Crippen molar-refractivity contribution < 1.29 is 24.6 Å². The van der Waals surface area contributed by atoms with Gasteiger partial charge in [0.25, 0.3) is 11.8 Å². The van der Waals surface area contributed by atoms with Gasteiger partial charge >= 0.3 is 0 Å². The number of amides is 3. The van der Waals surface area contributed by atoms with Crippen LogP contribution in [0.1, 0.15) is 56.3 Å². The Morgan fingerprint density at radius 3 is 2.41 bits per heavy atom. The van der Waals surface area contributed by atoms with Crippen molar-refractivity contribution in [2.45, 2.75) is 26.2 Å². The van der Waals surface area contributed by atoms with Crippen LogP contribution in [0.15, 0.2) is 48.5 Å². The Morgan fingerprint density at radius 2 is 1.79 bits per heavy atom. The van der Waals surface area contributed by atoms with Gasteiger partial charge in [-0.2, -0.15) is 0 Å². The predicted octanol–water partition coefficient (Wildman–Crippen LogP) is 2.06. The molecule has 0 bridgehead atoms. The molecule has 1 aliphatic heterocycles. The van der Waals surface area contributed by atoms with Crippen molar-refractivity contribution in [1.82, 2.24) is 10.3 Å². The van der Waals surface area contributed by atoms with Crippen LogP contribution >= 0.6 is 0 Å². The summed E-state index contributed by atoms with van der Waals surface area (Å²) in [6, 6.07) is 12.4. The number of aromatic amines is 1. The summed E-state index contributed by atoms with van der Waals surface area (Å²) in [6.45, 7) is 3.42. The number of rotatable bonds is 6. The number of H-pyrrole nitrogens is 1. The van der Waals surface area contributed by atoms with Gasteiger partial charge in [-0.25, -0.2) is 0 Å². The number of aliphatic hydroxyl groups excluding tert-OH is 1. The molecule has 9 nitrogen and oxygen atoms in total. The minimum absolute atomic E-state index is 0.245. The van der Waals surface area contributed by atoms with Crippen LogP contribution in [0.4, 0.5) is 5.69 Å². The highest BCUT2D eigenvalue weighted by molar-refractivity contribution is 6.35. The van der Waals surface area contributed by atoms with Crippen molar-refractivity contribution in [3.8, 4) is 0 Å². The van der Waals surface area contributed by atoms with Gasteiger partial charge in [0.15, 0.2) is 6.29 Å². The molecule has 34 heavy (non-hydrogen) atoms. The number of carbonyl (C=O) groups excluding carboxylic acids is 3. The molecule has 1 aromatic heterocycles. The molecular weight excluding hydrogens is 436 g/mol. The number of anilines is 1. The summed E-state index contributed by atoms with van der Waals surface area (Å²) in [4.78, 5) is 40.6. The maximum atomic E-state index is 13.0. The van der Waals surface area contributed by atoms with Crippen molar-refractivity contribution in [3.63, 3.8) is 0 Å². The third-order valence-corrected chi connectivity index (χ3v) is 5.84. The number of aromatic nitrogens is 1. The molecule has 2 aromatic carbocycles. The molecule has 9 heteroatoms. The maximum Gasteiger partial charge on any atom is 0.256 e. The van der Waals surface area contributed by atoms with E-state index < -0.39 is 24.1 Å². The SMILES string of the molecule is Cc1[nH]c(C=C2C(=O)Nc3ccc(C(=O)NC(C(N)=O)c4ccccc4)cc32)c(C)c1C(O)O. The van der Waals surface area contributed by atoms with Crippen LogP contribution in [-0.4, -0.2) is 32.9 Å². The Morgan fingerprint density at radius 1 is 1.09 bits per heavy atom. The summed E-state index contributed by atoms with van der Waals surface area (Å²) >= 11 is 0. The number of hydrogen-bond donors (Lipinski definition) is 6. The van der Waals surface area contributed by atoms with E-state index in [9.17, 15) is 24.6 Å². The number of primary amides is 1. The van der Waals surface area contributed by atoms with E-state index in [2.05, 4.69) is 15.6 Å². The first-order valence-corrected chi connectivity index (χ1v) is 10.5. The predicted molar refractivity (Wildman–Crippen MR) is 126 cm³/mol. The highest BCUT2D eigenvalue weighted by Crippen LogP contribution is 2.35. The fraction of sp³-hybridized carbons (Fsp3) is 0.160. The zero-order valence-electron chi connectivity index (χ0n) is 18.5. The molecule has 0 fully saturated rings. The number of fused-ring (bicyclic) bond motifs is 1.